The monoisotopic (exact) mass is 314 g/mol. The molecule has 122 valence electrons. The third-order valence-electron chi connectivity index (χ3n) is 4.31. The van der Waals surface area contributed by atoms with Crippen LogP contribution in [-0.4, -0.2) is 19.7 Å². The van der Waals surface area contributed by atoms with E-state index >= 15 is 0 Å². The van der Waals surface area contributed by atoms with Crippen LogP contribution in [0.3, 0.4) is 0 Å². The maximum Gasteiger partial charge on any atom is 0.315 e. The van der Waals surface area contributed by atoms with E-state index in [2.05, 4.69) is 29.7 Å². The predicted molar refractivity (Wildman–Crippen MR) is 87.0 cm³/mol. The van der Waals surface area contributed by atoms with Crippen molar-refractivity contribution < 1.29 is 13.9 Å². The molecule has 1 aromatic heterocycles. The van der Waals surface area contributed by atoms with Crippen LogP contribution in [0.4, 0.5) is 4.79 Å². The standard InChI is InChI=1S/C18H22N2O3/c1-12-10-13-6-3-4-7-14(13)17(12)20-18(21)19-15(11-22-2)16-8-5-9-23-16/h3-9,12,15,17H,10-11H2,1-2H3,(H2,19,20,21)/t12-,15+,17+/m1/s1. The summed E-state index contributed by atoms with van der Waals surface area (Å²) in [6, 6.07) is 11.4. The molecule has 5 nitrogen and oxygen atoms in total. The SMILES string of the molecule is COC[C@H](NC(=O)N[C@@H]1c2ccccc2C[C@H]1C)c1ccco1. The predicted octanol–water partition coefficient (Wildman–Crippen LogP) is 3.20. The van der Waals surface area contributed by atoms with Gasteiger partial charge in [0.2, 0.25) is 0 Å². The fraction of sp³-hybridized carbons (Fsp3) is 0.389. The van der Waals surface area contributed by atoms with Gasteiger partial charge in [0.25, 0.3) is 0 Å². The Balaban J connectivity index is 1.67. The highest BCUT2D eigenvalue weighted by atomic mass is 16.5. The number of hydrogen-bond donors (Lipinski definition) is 2. The molecule has 0 radical (unpaired) electrons. The average Bonchev–Trinajstić information content (AvgIpc) is 3.16. The molecule has 2 N–H and O–H groups in total. The summed E-state index contributed by atoms with van der Waals surface area (Å²) < 4.78 is 10.5. The van der Waals surface area contributed by atoms with Crippen molar-refractivity contribution in [3.63, 3.8) is 0 Å². The van der Waals surface area contributed by atoms with Crippen molar-refractivity contribution in [2.45, 2.75) is 25.4 Å². The maximum atomic E-state index is 12.4. The zero-order chi connectivity index (χ0) is 16.2. The van der Waals surface area contributed by atoms with Gasteiger partial charge in [0.1, 0.15) is 11.8 Å². The van der Waals surface area contributed by atoms with Crippen LogP contribution in [0.15, 0.2) is 47.1 Å². The van der Waals surface area contributed by atoms with Crippen molar-refractivity contribution in [1.29, 1.82) is 0 Å². The molecule has 1 heterocycles. The van der Waals surface area contributed by atoms with Gasteiger partial charge in [-0.05, 0) is 35.6 Å². The molecule has 2 amide bonds. The van der Waals surface area contributed by atoms with Gasteiger partial charge in [-0.1, -0.05) is 31.2 Å². The number of carbonyl (C=O) groups excluding carboxylic acids is 1. The van der Waals surface area contributed by atoms with Gasteiger partial charge in [-0.3, -0.25) is 0 Å². The Morgan fingerprint density at radius 1 is 1.35 bits per heavy atom. The van der Waals surface area contributed by atoms with E-state index in [0.717, 1.165) is 6.42 Å². The number of urea groups is 1. The second-order valence-corrected chi connectivity index (χ2v) is 6.00. The minimum atomic E-state index is -0.304. The molecule has 1 aliphatic carbocycles. The highest BCUT2D eigenvalue weighted by Crippen LogP contribution is 2.35. The molecule has 3 atom stereocenters. The number of fused-ring (bicyclic) bond motifs is 1. The molecule has 0 fully saturated rings. The molecular weight excluding hydrogens is 292 g/mol. The summed E-state index contributed by atoms with van der Waals surface area (Å²) in [5.41, 5.74) is 2.52. The number of nitrogens with one attached hydrogen (secondary N) is 2. The normalized spacial score (nSPS) is 20.8. The average molecular weight is 314 g/mol. The smallest absolute Gasteiger partial charge is 0.315 e. The summed E-state index contributed by atoms with van der Waals surface area (Å²) in [5.74, 6) is 1.06. The Labute approximate surface area is 136 Å². The van der Waals surface area contributed by atoms with Crippen molar-refractivity contribution in [1.82, 2.24) is 10.6 Å². The number of hydrogen-bond acceptors (Lipinski definition) is 3. The van der Waals surface area contributed by atoms with E-state index in [1.807, 2.05) is 18.2 Å². The summed E-state index contributed by atoms with van der Waals surface area (Å²) in [6.07, 6.45) is 2.58. The van der Waals surface area contributed by atoms with Crippen LogP contribution in [0.25, 0.3) is 0 Å². The maximum absolute atomic E-state index is 12.4. The van der Waals surface area contributed by atoms with Crippen LogP contribution in [0, 0.1) is 5.92 Å². The van der Waals surface area contributed by atoms with Gasteiger partial charge < -0.3 is 19.8 Å². The summed E-state index contributed by atoms with van der Waals surface area (Å²) in [6.45, 7) is 2.52. The highest BCUT2D eigenvalue weighted by Gasteiger charge is 2.30. The van der Waals surface area contributed by atoms with Gasteiger partial charge in [-0.2, -0.15) is 0 Å². The lowest BCUT2D eigenvalue weighted by Crippen LogP contribution is -2.42. The van der Waals surface area contributed by atoms with Crippen LogP contribution in [0.2, 0.25) is 0 Å². The van der Waals surface area contributed by atoms with E-state index in [1.165, 1.54) is 11.1 Å². The fourth-order valence-electron chi connectivity index (χ4n) is 3.21. The Hall–Kier alpha value is -2.27. The van der Waals surface area contributed by atoms with Crippen LogP contribution in [0.1, 0.15) is 35.9 Å². The van der Waals surface area contributed by atoms with Crippen molar-refractivity contribution in [3.8, 4) is 0 Å². The number of benzene rings is 1. The van der Waals surface area contributed by atoms with Crippen molar-refractivity contribution >= 4 is 6.03 Å². The van der Waals surface area contributed by atoms with E-state index < -0.39 is 0 Å². The zero-order valence-electron chi connectivity index (χ0n) is 13.4. The van der Waals surface area contributed by atoms with Gasteiger partial charge in [0.15, 0.2) is 0 Å². The summed E-state index contributed by atoms with van der Waals surface area (Å²) >= 11 is 0. The van der Waals surface area contributed by atoms with Crippen molar-refractivity contribution in [2.24, 2.45) is 5.92 Å². The van der Waals surface area contributed by atoms with Crippen LogP contribution in [-0.2, 0) is 11.2 Å². The molecule has 1 aliphatic rings. The molecule has 3 rings (SSSR count). The summed E-state index contributed by atoms with van der Waals surface area (Å²) in [5, 5.41) is 6.02. The first-order valence-corrected chi connectivity index (χ1v) is 7.86. The van der Waals surface area contributed by atoms with E-state index in [9.17, 15) is 4.79 Å². The quantitative estimate of drug-likeness (QED) is 0.891. The van der Waals surface area contributed by atoms with E-state index in [4.69, 9.17) is 9.15 Å². The molecule has 0 saturated heterocycles. The number of furan rings is 1. The molecule has 0 spiro atoms. The highest BCUT2D eigenvalue weighted by molar-refractivity contribution is 5.75. The largest absolute Gasteiger partial charge is 0.467 e. The molecule has 23 heavy (non-hydrogen) atoms. The fourth-order valence-corrected chi connectivity index (χ4v) is 3.21. The number of methoxy groups -OCH3 is 1. The van der Waals surface area contributed by atoms with E-state index in [0.29, 0.717) is 18.3 Å². The minimum Gasteiger partial charge on any atom is -0.467 e. The number of rotatable bonds is 5. The summed E-state index contributed by atoms with van der Waals surface area (Å²) in [4.78, 5) is 12.4. The van der Waals surface area contributed by atoms with Crippen LogP contribution < -0.4 is 10.6 Å². The third-order valence-corrected chi connectivity index (χ3v) is 4.31. The van der Waals surface area contributed by atoms with E-state index in [-0.39, 0.29) is 18.1 Å². The molecule has 0 bridgehead atoms. The Kier molecular flexibility index (Phi) is 4.67. The minimum absolute atomic E-state index is 0.0333. The van der Waals surface area contributed by atoms with Gasteiger partial charge >= 0.3 is 6.03 Å². The lowest BCUT2D eigenvalue weighted by molar-refractivity contribution is 0.156. The molecule has 5 heteroatoms. The Morgan fingerprint density at radius 3 is 2.91 bits per heavy atom. The Bertz CT molecular complexity index is 654. The van der Waals surface area contributed by atoms with Gasteiger partial charge in [-0.15, -0.1) is 0 Å². The number of amides is 2. The topological polar surface area (TPSA) is 63.5 Å². The lowest BCUT2D eigenvalue weighted by atomic mass is 10.0. The molecule has 0 aliphatic heterocycles. The van der Waals surface area contributed by atoms with Gasteiger partial charge in [0.05, 0.1) is 18.9 Å². The first-order chi connectivity index (χ1) is 11.2. The van der Waals surface area contributed by atoms with Gasteiger partial charge in [0, 0.05) is 7.11 Å². The molecule has 0 saturated carbocycles. The van der Waals surface area contributed by atoms with E-state index in [1.54, 1.807) is 19.4 Å². The van der Waals surface area contributed by atoms with Crippen LogP contribution in [0.5, 0.6) is 0 Å². The zero-order valence-corrected chi connectivity index (χ0v) is 13.4. The van der Waals surface area contributed by atoms with Crippen molar-refractivity contribution in [2.75, 3.05) is 13.7 Å². The lowest BCUT2D eigenvalue weighted by Gasteiger charge is -2.22. The second kappa shape index (κ2) is 6.87. The Morgan fingerprint density at radius 2 is 2.17 bits per heavy atom. The number of ether oxygens (including phenoxy) is 1. The first-order valence-electron chi connectivity index (χ1n) is 7.86. The van der Waals surface area contributed by atoms with Crippen molar-refractivity contribution in [3.05, 3.63) is 59.5 Å². The first kappa shape index (κ1) is 15.6. The summed E-state index contributed by atoms with van der Waals surface area (Å²) in [7, 11) is 1.60. The molecule has 2 aromatic rings. The molecule has 1 aromatic carbocycles. The van der Waals surface area contributed by atoms with Gasteiger partial charge in [-0.25, -0.2) is 4.79 Å². The van der Waals surface area contributed by atoms with Crippen LogP contribution >= 0.6 is 0 Å². The molecular formula is C18H22N2O3. The second-order valence-electron chi connectivity index (χ2n) is 6.00. The number of carbonyl (C=O) groups is 1. The molecule has 0 unspecified atom stereocenters. The third kappa shape index (κ3) is 3.40.